The summed E-state index contributed by atoms with van der Waals surface area (Å²) in [4.78, 5) is 10.9. The number of hydrogen-bond donors (Lipinski definition) is 2. The van der Waals surface area contributed by atoms with Crippen molar-refractivity contribution >= 4 is 32.8 Å². The lowest BCUT2D eigenvalue weighted by atomic mass is 10.1. The molecule has 3 aromatic rings. The first kappa shape index (κ1) is 11.9. The van der Waals surface area contributed by atoms with Gasteiger partial charge in [0.2, 0.25) is 0 Å². The van der Waals surface area contributed by atoms with E-state index in [1.165, 1.54) is 6.07 Å². The fourth-order valence-electron chi connectivity index (χ4n) is 2.04. The fourth-order valence-corrected chi connectivity index (χ4v) is 2.70. The number of halogens is 1. The molecular weight excluding hydrogens is 312 g/mol. The maximum Gasteiger partial charge on any atom is 0.353 e. The van der Waals surface area contributed by atoms with E-state index in [1.54, 1.807) is 4.68 Å². The van der Waals surface area contributed by atoms with Gasteiger partial charge in [-0.1, -0.05) is 12.1 Å². The number of carboxylic acids is 1. The number of rotatable bonds is 2. The number of aromatic amines is 1. The molecule has 0 saturated heterocycles. The van der Waals surface area contributed by atoms with Crippen molar-refractivity contribution in [3.05, 3.63) is 34.6 Å². The van der Waals surface area contributed by atoms with E-state index in [0.717, 1.165) is 16.5 Å². The second kappa shape index (κ2) is 4.20. The van der Waals surface area contributed by atoms with Gasteiger partial charge < -0.3 is 5.11 Å². The molecule has 0 fully saturated rings. The predicted molar refractivity (Wildman–Crippen MR) is 73.0 cm³/mol. The smallest absolute Gasteiger partial charge is 0.353 e. The second-order valence-corrected chi connectivity index (χ2v) is 4.84. The molecule has 0 bridgehead atoms. The van der Waals surface area contributed by atoms with E-state index < -0.39 is 5.97 Å². The highest BCUT2D eigenvalue weighted by Gasteiger charge is 2.15. The number of nitrogens with one attached hydrogen (secondary N) is 1. The highest BCUT2D eigenvalue weighted by molar-refractivity contribution is 9.10. The molecule has 0 amide bonds. The zero-order valence-electron chi connectivity index (χ0n) is 9.88. The lowest BCUT2D eigenvalue weighted by Gasteiger charge is -1.99. The molecule has 0 aliphatic heterocycles. The van der Waals surface area contributed by atoms with Gasteiger partial charge in [-0.2, -0.15) is 10.2 Å². The first-order valence-electron chi connectivity index (χ1n) is 5.48. The molecule has 0 aliphatic carbocycles. The number of benzene rings is 1. The highest BCUT2D eigenvalue weighted by atomic mass is 79.9. The number of hydrogen-bond acceptors (Lipinski definition) is 3. The van der Waals surface area contributed by atoms with Crippen LogP contribution in [0.4, 0.5) is 0 Å². The fraction of sp³-hybridized carbons (Fsp3) is 0.0833. The Labute approximate surface area is 116 Å². The van der Waals surface area contributed by atoms with E-state index >= 15 is 0 Å². The molecule has 2 N–H and O–H groups in total. The number of aromatic carboxylic acids is 1. The van der Waals surface area contributed by atoms with Crippen molar-refractivity contribution in [2.75, 3.05) is 0 Å². The number of carboxylic acid groups (broad SMARTS) is 1. The number of aryl methyl sites for hydroxylation is 1. The van der Waals surface area contributed by atoms with Crippen LogP contribution in [0.15, 0.2) is 28.9 Å². The summed E-state index contributed by atoms with van der Waals surface area (Å²) < 4.78 is 2.47. The third-order valence-electron chi connectivity index (χ3n) is 2.92. The van der Waals surface area contributed by atoms with E-state index in [2.05, 4.69) is 31.2 Å². The van der Waals surface area contributed by atoms with Crippen LogP contribution in [0.5, 0.6) is 0 Å². The maximum atomic E-state index is 10.9. The third-order valence-corrected chi connectivity index (χ3v) is 3.47. The molecule has 7 heteroatoms. The Morgan fingerprint density at radius 1 is 1.47 bits per heavy atom. The third kappa shape index (κ3) is 1.82. The van der Waals surface area contributed by atoms with Crippen molar-refractivity contribution in [2.24, 2.45) is 7.05 Å². The van der Waals surface area contributed by atoms with Gasteiger partial charge in [-0.3, -0.25) is 9.78 Å². The molecule has 0 saturated carbocycles. The Morgan fingerprint density at radius 2 is 2.26 bits per heavy atom. The van der Waals surface area contributed by atoms with Crippen molar-refractivity contribution in [2.45, 2.75) is 0 Å². The van der Waals surface area contributed by atoms with Crippen molar-refractivity contribution < 1.29 is 9.90 Å². The van der Waals surface area contributed by atoms with Gasteiger partial charge in [-0.25, -0.2) is 4.79 Å². The molecule has 2 aromatic heterocycles. The quantitative estimate of drug-likeness (QED) is 0.759. The largest absolute Gasteiger partial charge is 0.477 e. The first-order chi connectivity index (χ1) is 9.08. The molecule has 0 unspecified atom stereocenters. The van der Waals surface area contributed by atoms with Crippen molar-refractivity contribution in [1.29, 1.82) is 0 Å². The first-order valence-corrected chi connectivity index (χ1v) is 6.27. The Kier molecular flexibility index (Phi) is 2.63. The Balaban J connectivity index is 2.27. The van der Waals surface area contributed by atoms with Gasteiger partial charge in [0.25, 0.3) is 0 Å². The second-order valence-electron chi connectivity index (χ2n) is 4.09. The van der Waals surface area contributed by atoms with Crippen LogP contribution in [0.3, 0.4) is 0 Å². The van der Waals surface area contributed by atoms with E-state index in [-0.39, 0.29) is 5.69 Å². The molecule has 0 spiro atoms. The van der Waals surface area contributed by atoms with Crippen LogP contribution in [0.2, 0.25) is 0 Å². The van der Waals surface area contributed by atoms with Gasteiger partial charge in [0.1, 0.15) is 10.3 Å². The van der Waals surface area contributed by atoms with Crippen LogP contribution in [0, 0.1) is 0 Å². The summed E-state index contributed by atoms with van der Waals surface area (Å²) in [6, 6.07) is 7.23. The number of nitrogens with zero attached hydrogens (tertiary/aromatic N) is 3. The lowest BCUT2D eigenvalue weighted by Crippen LogP contribution is -1.95. The van der Waals surface area contributed by atoms with Gasteiger partial charge in [0.15, 0.2) is 0 Å². The monoisotopic (exact) mass is 320 g/mol. The van der Waals surface area contributed by atoms with Crippen LogP contribution >= 0.6 is 15.9 Å². The summed E-state index contributed by atoms with van der Waals surface area (Å²) in [6.45, 7) is 0. The number of aromatic nitrogens is 4. The molecular formula is C12H9BrN4O2. The molecule has 3 rings (SSSR count). The summed E-state index contributed by atoms with van der Waals surface area (Å²) >= 11 is 3.42. The molecule has 0 radical (unpaired) electrons. The van der Waals surface area contributed by atoms with Gasteiger partial charge in [-0.05, 0) is 28.1 Å². The van der Waals surface area contributed by atoms with E-state index in [1.807, 2.05) is 25.2 Å². The molecule has 0 aliphatic rings. The van der Waals surface area contributed by atoms with Gasteiger partial charge in [0, 0.05) is 18.0 Å². The summed E-state index contributed by atoms with van der Waals surface area (Å²) in [7, 11) is 1.85. The molecule has 0 atom stereocenters. The molecule has 1 aromatic carbocycles. The minimum Gasteiger partial charge on any atom is -0.477 e. The standard InChI is InChI=1S/C12H9BrN4O2/c1-17-9-4-2-3-6(10(9)11(13)16-17)7-5-8(12(18)19)15-14-7/h2-5H,1H3,(H,14,15)(H,18,19). The minimum atomic E-state index is -1.03. The van der Waals surface area contributed by atoms with Crippen LogP contribution in [0.1, 0.15) is 10.5 Å². The summed E-state index contributed by atoms with van der Waals surface area (Å²) in [5.74, 6) is -1.03. The predicted octanol–water partition coefficient (Wildman–Crippen LogP) is 2.42. The lowest BCUT2D eigenvalue weighted by molar-refractivity contribution is 0.0690. The van der Waals surface area contributed by atoms with E-state index in [9.17, 15) is 4.79 Å². The molecule has 6 nitrogen and oxygen atoms in total. The average molecular weight is 321 g/mol. The highest BCUT2D eigenvalue weighted by Crippen LogP contribution is 2.32. The average Bonchev–Trinajstić information content (AvgIpc) is 2.96. The Morgan fingerprint density at radius 3 is 2.95 bits per heavy atom. The van der Waals surface area contributed by atoms with E-state index in [4.69, 9.17) is 5.11 Å². The van der Waals surface area contributed by atoms with Crippen LogP contribution < -0.4 is 0 Å². The Hall–Kier alpha value is -2.15. The SMILES string of the molecule is Cn1nc(Br)c2c(-c3cc(C(=O)O)[nH]n3)cccc21. The summed E-state index contributed by atoms with van der Waals surface area (Å²) in [5, 5.41) is 20.7. The van der Waals surface area contributed by atoms with Crippen LogP contribution in [0.25, 0.3) is 22.2 Å². The van der Waals surface area contributed by atoms with E-state index in [0.29, 0.717) is 10.3 Å². The zero-order chi connectivity index (χ0) is 13.6. The number of fused-ring (bicyclic) bond motifs is 1. The van der Waals surface area contributed by atoms with Crippen molar-refractivity contribution in [3.63, 3.8) is 0 Å². The van der Waals surface area contributed by atoms with Crippen molar-refractivity contribution in [3.8, 4) is 11.3 Å². The van der Waals surface area contributed by atoms with Gasteiger partial charge in [-0.15, -0.1) is 0 Å². The van der Waals surface area contributed by atoms with Crippen LogP contribution in [-0.4, -0.2) is 31.1 Å². The Bertz CT molecular complexity index is 790. The topological polar surface area (TPSA) is 83.8 Å². The number of carbonyl (C=O) groups is 1. The van der Waals surface area contributed by atoms with Crippen LogP contribution in [-0.2, 0) is 7.05 Å². The van der Waals surface area contributed by atoms with Gasteiger partial charge >= 0.3 is 5.97 Å². The normalized spacial score (nSPS) is 11.1. The summed E-state index contributed by atoms with van der Waals surface area (Å²) in [5.41, 5.74) is 2.43. The minimum absolute atomic E-state index is 0.0621. The number of H-pyrrole nitrogens is 1. The zero-order valence-corrected chi connectivity index (χ0v) is 11.5. The molecule has 19 heavy (non-hydrogen) atoms. The molecule has 2 heterocycles. The maximum absolute atomic E-state index is 10.9. The van der Waals surface area contributed by atoms with Gasteiger partial charge in [0.05, 0.1) is 11.2 Å². The summed E-state index contributed by atoms with van der Waals surface area (Å²) in [6.07, 6.45) is 0. The van der Waals surface area contributed by atoms with Crippen molar-refractivity contribution in [1.82, 2.24) is 20.0 Å². The molecule has 96 valence electrons.